The van der Waals surface area contributed by atoms with Gasteiger partial charge in [-0.25, -0.2) is 0 Å². The molecule has 1 rings (SSSR count). The van der Waals surface area contributed by atoms with Crippen LogP contribution in [-0.4, -0.2) is 24.7 Å². The summed E-state index contributed by atoms with van der Waals surface area (Å²) in [6, 6.07) is 5.64. The first-order valence-electron chi connectivity index (χ1n) is 6.64. The van der Waals surface area contributed by atoms with Crippen molar-refractivity contribution >= 4 is 5.91 Å². The van der Waals surface area contributed by atoms with E-state index in [1.54, 1.807) is 18.2 Å². The fourth-order valence-electron chi connectivity index (χ4n) is 1.71. The molecule has 0 heterocycles. The van der Waals surface area contributed by atoms with Crippen LogP contribution in [0.4, 0.5) is 13.2 Å². The SMILES string of the molecule is CCCC(N)C(=O)NCc1ccccc1OCC(F)(F)F. The van der Waals surface area contributed by atoms with Gasteiger partial charge in [0, 0.05) is 12.1 Å². The summed E-state index contributed by atoms with van der Waals surface area (Å²) in [6.45, 7) is 0.616. The molecular weight excluding hydrogens is 285 g/mol. The lowest BCUT2D eigenvalue weighted by Crippen LogP contribution is -2.40. The van der Waals surface area contributed by atoms with E-state index in [1.165, 1.54) is 6.07 Å². The van der Waals surface area contributed by atoms with E-state index in [4.69, 9.17) is 10.5 Å². The second-order valence-electron chi connectivity index (χ2n) is 4.62. The Morgan fingerprint density at radius 3 is 2.67 bits per heavy atom. The van der Waals surface area contributed by atoms with E-state index in [9.17, 15) is 18.0 Å². The third-order valence-electron chi connectivity index (χ3n) is 2.75. The van der Waals surface area contributed by atoms with Crippen LogP contribution in [0.2, 0.25) is 0 Å². The van der Waals surface area contributed by atoms with Crippen LogP contribution >= 0.6 is 0 Å². The molecule has 0 aromatic heterocycles. The van der Waals surface area contributed by atoms with Crippen molar-refractivity contribution in [3.05, 3.63) is 29.8 Å². The van der Waals surface area contributed by atoms with Crippen molar-refractivity contribution < 1.29 is 22.7 Å². The van der Waals surface area contributed by atoms with E-state index in [0.717, 1.165) is 6.42 Å². The zero-order valence-electron chi connectivity index (χ0n) is 11.7. The Kier molecular flexibility index (Phi) is 6.48. The van der Waals surface area contributed by atoms with Gasteiger partial charge in [-0.05, 0) is 12.5 Å². The molecule has 0 saturated heterocycles. The molecule has 7 heteroatoms. The molecule has 0 saturated carbocycles. The number of benzene rings is 1. The summed E-state index contributed by atoms with van der Waals surface area (Å²) in [7, 11) is 0. The van der Waals surface area contributed by atoms with Crippen LogP contribution in [0.3, 0.4) is 0 Å². The molecule has 4 nitrogen and oxygen atoms in total. The maximum atomic E-state index is 12.2. The van der Waals surface area contributed by atoms with Gasteiger partial charge in [0.25, 0.3) is 0 Å². The summed E-state index contributed by atoms with van der Waals surface area (Å²) in [5, 5.41) is 2.60. The van der Waals surface area contributed by atoms with E-state index in [-0.39, 0.29) is 18.2 Å². The van der Waals surface area contributed by atoms with Crippen molar-refractivity contribution in [1.29, 1.82) is 0 Å². The molecule has 0 radical (unpaired) electrons. The third-order valence-corrected chi connectivity index (χ3v) is 2.75. The number of amides is 1. The van der Waals surface area contributed by atoms with Crippen LogP contribution in [-0.2, 0) is 11.3 Å². The lowest BCUT2D eigenvalue weighted by molar-refractivity contribution is -0.153. The highest BCUT2D eigenvalue weighted by atomic mass is 19.4. The first-order valence-corrected chi connectivity index (χ1v) is 6.64. The Hall–Kier alpha value is -1.76. The smallest absolute Gasteiger partial charge is 0.422 e. The average Bonchev–Trinajstić information content (AvgIpc) is 2.42. The van der Waals surface area contributed by atoms with Gasteiger partial charge in [0.1, 0.15) is 5.75 Å². The van der Waals surface area contributed by atoms with Gasteiger partial charge in [-0.3, -0.25) is 4.79 Å². The monoisotopic (exact) mass is 304 g/mol. The van der Waals surface area contributed by atoms with Crippen LogP contribution in [0.5, 0.6) is 5.75 Å². The van der Waals surface area contributed by atoms with Gasteiger partial charge in [-0.2, -0.15) is 13.2 Å². The van der Waals surface area contributed by atoms with Crippen molar-refractivity contribution in [2.45, 2.75) is 38.5 Å². The Bertz CT molecular complexity index is 464. The lowest BCUT2D eigenvalue weighted by Gasteiger charge is -2.15. The fraction of sp³-hybridized carbons (Fsp3) is 0.500. The second kappa shape index (κ2) is 7.87. The Morgan fingerprint density at radius 2 is 2.05 bits per heavy atom. The van der Waals surface area contributed by atoms with Crippen LogP contribution in [0.1, 0.15) is 25.3 Å². The highest BCUT2D eigenvalue weighted by Crippen LogP contribution is 2.22. The lowest BCUT2D eigenvalue weighted by atomic mass is 10.1. The topological polar surface area (TPSA) is 64.4 Å². The fourth-order valence-corrected chi connectivity index (χ4v) is 1.71. The molecule has 0 bridgehead atoms. The molecule has 3 N–H and O–H groups in total. The molecule has 0 aliphatic heterocycles. The number of para-hydroxylation sites is 1. The first-order chi connectivity index (χ1) is 9.83. The van der Waals surface area contributed by atoms with Crippen LogP contribution in [0.15, 0.2) is 24.3 Å². The molecule has 118 valence electrons. The number of nitrogens with two attached hydrogens (primary N) is 1. The standard InChI is InChI=1S/C14H19F3N2O2/c1-2-5-11(18)13(20)19-8-10-6-3-4-7-12(10)21-9-14(15,16)17/h3-4,6-7,11H,2,5,8-9,18H2,1H3,(H,19,20). The van der Waals surface area contributed by atoms with Gasteiger partial charge in [-0.1, -0.05) is 31.5 Å². The summed E-state index contributed by atoms with van der Waals surface area (Å²) in [4.78, 5) is 11.7. The maximum Gasteiger partial charge on any atom is 0.422 e. The number of hydrogen-bond acceptors (Lipinski definition) is 3. The number of rotatable bonds is 7. The van der Waals surface area contributed by atoms with E-state index in [2.05, 4.69) is 5.32 Å². The number of halogens is 3. The first kappa shape index (κ1) is 17.3. The van der Waals surface area contributed by atoms with Crippen LogP contribution in [0.25, 0.3) is 0 Å². The van der Waals surface area contributed by atoms with Gasteiger partial charge in [0.05, 0.1) is 6.04 Å². The van der Waals surface area contributed by atoms with Crippen molar-refractivity contribution in [1.82, 2.24) is 5.32 Å². The molecule has 0 aliphatic rings. The van der Waals surface area contributed by atoms with Gasteiger partial charge >= 0.3 is 6.18 Å². The van der Waals surface area contributed by atoms with Crippen molar-refractivity contribution in [2.75, 3.05) is 6.61 Å². The minimum absolute atomic E-state index is 0.0737. The number of carbonyl (C=O) groups is 1. The number of carbonyl (C=O) groups excluding carboxylic acids is 1. The maximum absolute atomic E-state index is 12.2. The predicted octanol–water partition coefficient (Wildman–Crippen LogP) is 2.37. The summed E-state index contributed by atoms with van der Waals surface area (Å²) in [5.41, 5.74) is 6.12. The predicted molar refractivity (Wildman–Crippen MR) is 72.7 cm³/mol. The molecule has 1 amide bonds. The van der Waals surface area contributed by atoms with Crippen LogP contribution < -0.4 is 15.8 Å². The van der Waals surface area contributed by atoms with Crippen molar-refractivity contribution in [3.8, 4) is 5.75 Å². The van der Waals surface area contributed by atoms with E-state index in [0.29, 0.717) is 12.0 Å². The minimum atomic E-state index is -4.40. The summed E-state index contributed by atoms with van der Waals surface area (Å²) in [5.74, 6) is -0.235. The quantitative estimate of drug-likeness (QED) is 0.813. The molecule has 1 aromatic rings. The molecule has 1 atom stereocenters. The van der Waals surface area contributed by atoms with Gasteiger partial charge < -0.3 is 15.8 Å². The summed E-state index contributed by atoms with van der Waals surface area (Å²) in [6.07, 6.45) is -3.07. The molecule has 0 spiro atoms. The highest BCUT2D eigenvalue weighted by Gasteiger charge is 2.28. The molecular formula is C14H19F3N2O2. The van der Waals surface area contributed by atoms with E-state index in [1.807, 2.05) is 6.92 Å². The van der Waals surface area contributed by atoms with Gasteiger partial charge in [0.2, 0.25) is 5.91 Å². The Balaban J connectivity index is 2.61. The number of alkyl halides is 3. The molecule has 0 fully saturated rings. The average molecular weight is 304 g/mol. The van der Waals surface area contributed by atoms with Crippen molar-refractivity contribution in [3.63, 3.8) is 0 Å². The molecule has 0 aliphatic carbocycles. The zero-order valence-corrected chi connectivity index (χ0v) is 11.7. The number of nitrogens with one attached hydrogen (secondary N) is 1. The Morgan fingerprint density at radius 1 is 1.38 bits per heavy atom. The molecule has 21 heavy (non-hydrogen) atoms. The normalized spacial score (nSPS) is 12.8. The Labute approximate surface area is 121 Å². The number of hydrogen-bond donors (Lipinski definition) is 2. The largest absolute Gasteiger partial charge is 0.484 e. The second-order valence-corrected chi connectivity index (χ2v) is 4.62. The van der Waals surface area contributed by atoms with E-state index >= 15 is 0 Å². The van der Waals surface area contributed by atoms with E-state index < -0.39 is 18.8 Å². The molecule has 1 aromatic carbocycles. The number of ether oxygens (including phenoxy) is 1. The van der Waals surface area contributed by atoms with Crippen LogP contribution in [0, 0.1) is 0 Å². The highest BCUT2D eigenvalue weighted by molar-refractivity contribution is 5.81. The van der Waals surface area contributed by atoms with Gasteiger partial charge in [-0.15, -0.1) is 0 Å². The third kappa shape index (κ3) is 6.48. The minimum Gasteiger partial charge on any atom is -0.484 e. The zero-order chi connectivity index (χ0) is 15.9. The van der Waals surface area contributed by atoms with Gasteiger partial charge in [0.15, 0.2) is 6.61 Å². The summed E-state index contributed by atoms with van der Waals surface area (Å²) >= 11 is 0. The molecule has 1 unspecified atom stereocenters. The van der Waals surface area contributed by atoms with Crippen molar-refractivity contribution in [2.24, 2.45) is 5.73 Å². The summed E-state index contributed by atoms with van der Waals surface area (Å²) < 4.78 is 41.2.